The summed E-state index contributed by atoms with van der Waals surface area (Å²) in [6, 6.07) is 11.3. The first kappa shape index (κ1) is 18.6. The molecule has 9 heteroatoms. The maximum absolute atomic E-state index is 12.9. The standard InChI is InChI=1S/C22H18N8O/c1-15-10-25-16(11-24-15)12-26-22(31)20-18-6-3-5-9-30(18)21(28-20)17-13-29(14-27-17)19-7-2-4-8-23-19/h2-11,13-14H,12H2,1H3,(H,26,31). The Morgan fingerprint density at radius 3 is 2.74 bits per heavy atom. The first-order valence-corrected chi connectivity index (χ1v) is 9.67. The highest BCUT2D eigenvalue weighted by molar-refractivity contribution is 5.99. The predicted octanol–water partition coefficient (Wildman–Crippen LogP) is 2.61. The number of aromatic nitrogens is 7. The fourth-order valence-corrected chi connectivity index (χ4v) is 3.22. The number of carbonyl (C=O) groups excluding carboxylic acids is 1. The summed E-state index contributed by atoms with van der Waals surface area (Å²) >= 11 is 0. The van der Waals surface area contributed by atoms with Crippen molar-refractivity contribution in [2.24, 2.45) is 0 Å². The number of carbonyl (C=O) groups is 1. The molecule has 0 spiro atoms. The molecular formula is C22H18N8O. The molecule has 0 aliphatic carbocycles. The van der Waals surface area contributed by atoms with Crippen LogP contribution in [0.25, 0.3) is 22.9 Å². The Hall–Kier alpha value is -4.40. The van der Waals surface area contributed by atoms with Crippen LogP contribution in [-0.2, 0) is 6.54 Å². The molecule has 1 N–H and O–H groups in total. The van der Waals surface area contributed by atoms with Gasteiger partial charge in [0.1, 0.15) is 17.8 Å². The molecule has 9 nitrogen and oxygen atoms in total. The Balaban J connectivity index is 1.46. The van der Waals surface area contributed by atoms with Crippen LogP contribution in [0.3, 0.4) is 0 Å². The second-order valence-electron chi connectivity index (χ2n) is 6.93. The van der Waals surface area contributed by atoms with E-state index in [1.807, 2.05) is 64.7 Å². The molecule has 0 unspecified atom stereocenters. The van der Waals surface area contributed by atoms with Gasteiger partial charge in [0.25, 0.3) is 5.91 Å². The number of nitrogens with one attached hydrogen (secondary N) is 1. The maximum atomic E-state index is 12.9. The number of amides is 1. The normalized spacial score (nSPS) is 11.0. The van der Waals surface area contributed by atoms with Gasteiger partial charge in [-0.3, -0.25) is 23.7 Å². The second-order valence-corrected chi connectivity index (χ2v) is 6.93. The van der Waals surface area contributed by atoms with Crippen molar-refractivity contribution in [1.82, 2.24) is 39.2 Å². The first-order chi connectivity index (χ1) is 15.2. The molecule has 0 aromatic carbocycles. The summed E-state index contributed by atoms with van der Waals surface area (Å²) in [6.07, 6.45) is 10.4. The SMILES string of the molecule is Cc1cnc(CNC(=O)c2nc(-c3cn(-c4ccccn4)cn3)n3ccccc23)cn1. The van der Waals surface area contributed by atoms with Crippen molar-refractivity contribution in [1.29, 1.82) is 0 Å². The molecule has 152 valence electrons. The zero-order valence-corrected chi connectivity index (χ0v) is 16.7. The van der Waals surface area contributed by atoms with E-state index in [9.17, 15) is 4.79 Å². The predicted molar refractivity (Wildman–Crippen MR) is 113 cm³/mol. The lowest BCUT2D eigenvalue weighted by molar-refractivity contribution is 0.0947. The van der Waals surface area contributed by atoms with Crippen LogP contribution in [0.5, 0.6) is 0 Å². The minimum atomic E-state index is -0.290. The van der Waals surface area contributed by atoms with Gasteiger partial charge in [-0.1, -0.05) is 12.1 Å². The van der Waals surface area contributed by atoms with E-state index in [-0.39, 0.29) is 12.5 Å². The van der Waals surface area contributed by atoms with Crippen molar-refractivity contribution in [3.8, 4) is 17.3 Å². The minimum absolute atomic E-state index is 0.265. The van der Waals surface area contributed by atoms with E-state index in [4.69, 9.17) is 0 Å². The molecule has 1 amide bonds. The fourth-order valence-electron chi connectivity index (χ4n) is 3.22. The van der Waals surface area contributed by atoms with E-state index in [0.717, 1.165) is 11.5 Å². The average molecular weight is 410 g/mol. The lowest BCUT2D eigenvalue weighted by atomic mass is 10.3. The molecule has 0 bridgehead atoms. The summed E-state index contributed by atoms with van der Waals surface area (Å²) in [5.41, 5.74) is 3.15. The zero-order chi connectivity index (χ0) is 21.2. The van der Waals surface area contributed by atoms with Crippen molar-refractivity contribution < 1.29 is 4.79 Å². The van der Waals surface area contributed by atoms with Crippen molar-refractivity contribution in [3.63, 3.8) is 0 Å². The van der Waals surface area contributed by atoms with Gasteiger partial charge in [-0.25, -0.2) is 15.0 Å². The van der Waals surface area contributed by atoms with Crippen LogP contribution in [0, 0.1) is 6.92 Å². The van der Waals surface area contributed by atoms with E-state index in [0.29, 0.717) is 28.4 Å². The molecule has 5 heterocycles. The summed E-state index contributed by atoms with van der Waals surface area (Å²) in [4.78, 5) is 34.8. The van der Waals surface area contributed by atoms with E-state index in [1.54, 1.807) is 24.9 Å². The van der Waals surface area contributed by atoms with Crippen LogP contribution in [0.15, 0.2) is 73.7 Å². The Kier molecular flexibility index (Phi) is 4.68. The van der Waals surface area contributed by atoms with Gasteiger partial charge >= 0.3 is 0 Å². The molecule has 5 aromatic heterocycles. The summed E-state index contributed by atoms with van der Waals surface area (Å²) in [5, 5.41) is 2.87. The Morgan fingerprint density at radius 2 is 1.94 bits per heavy atom. The van der Waals surface area contributed by atoms with E-state index >= 15 is 0 Å². The Morgan fingerprint density at radius 1 is 1.03 bits per heavy atom. The van der Waals surface area contributed by atoms with Gasteiger partial charge in [-0.05, 0) is 31.2 Å². The van der Waals surface area contributed by atoms with Gasteiger partial charge in [0.05, 0.1) is 29.6 Å². The smallest absolute Gasteiger partial charge is 0.272 e. The molecule has 5 rings (SSSR count). The van der Waals surface area contributed by atoms with Crippen molar-refractivity contribution in [2.45, 2.75) is 13.5 Å². The first-order valence-electron chi connectivity index (χ1n) is 9.67. The number of pyridine rings is 2. The number of hydrogen-bond donors (Lipinski definition) is 1. The summed E-state index contributed by atoms with van der Waals surface area (Å²) in [7, 11) is 0. The third-order valence-electron chi connectivity index (χ3n) is 4.75. The fraction of sp³-hybridized carbons (Fsp3) is 0.0909. The topological polar surface area (TPSA) is 103 Å². The average Bonchev–Trinajstić information content (AvgIpc) is 3.44. The van der Waals surface area contributed by atoms with Gasteiger partial charge in [0, 0.05) is 24.8 Å². The highest BCUT2D eigenvalue weighted by atomic mass is 16.1. The number of rotatable bonds is 5. The van der Waals surface area contributed by atoms with E-state index in [1.165, 1.54) is 0 Å². The third-order valence-corrected chi connectivity index (χ3v) is 4.75. The highest BCUT2D eigenvalue weighted by Gasteiger charge is 2.19. The van der Waals surface area contributed by atoms with Gasteiger partial charge < -0.3 is 5.32 Å². The molecule has 0 radical (unpaired) electrons. The van der Waals surface area contributed by atoms with Crippen LogP contribution < -0.4 is 5.32 Å². The molecule has 31 heavy (non-hydrogen) atoms. The van der Waals surface area contributed by atoms with Crippen molar-refractivity contribution in [2.75, 3.05) is 0 Å². The molecule has 0 atom stereocenters. The van der Waals surface area contributed by atoms with E-state index in [2.05, 4.69) is 30.2 Å². The highest BCUT2D eigenvalue weighted by Crippen LogP contribution is 2.22. The lowest BCUT2D eigenvalue weighted by Crippen LogP contribution is -2.24. The van der Waals surface area contributed by atoms with Crippen LogP contribution in [-0.4, -0.2) is 39.8 Å². The molecule has 0 fully saturated rings. The van der Waals surface area contributed by atoms with Gasteiger partial charge in [-0.15, -0.1) is 0 Å². The van der Waals surface area contributed by atoms with Crippen molar-refractivity contribution in [3.05, 3.63) is 90.8 Å². The molecular weight excluding hydrogens is 392 g/mol. The monoisotopic (exact) mass is 410 g/mol. The second kappa shape index (κ2) is 7.79. The Bertz CT molecular complexity index is 1360. The molecule has 5 aromatic rings. The number of fused-ring (bicyclic) bond motifs is 1. The van der Waals surface area contributed by atoms with Crippen LogP contribution in [0.1, 0.15) is 21.9 Å². The van der Waals surface area contributed by atoms with Gasteiger partial charge in [0.2, 0.25) is 0 Å². The third kappa shape index (κ3) is 3.64. The largest absolute Gasteiger partial charge is 0.345 e. The molecule has 0 aliphatic rings. The zero-order valence-electron chi connectivity index (χ0n) is 16.7. The lowest BCUT2D eigenvalue weighted by Gasteiger charge is -2.03. The molecule has 0 saturated carbocycles. The number of aryl methyl sites for hydroxylation is 1. The number of nitrogens with zero attached hydrogens (tertiary/aromatic N) is 7. The maximum Gasteiger partial charge on any atom is 0.272 e. The number of imidazole rings is 2. The van der Waals surface area contributed by atoms with Crippen molar-refractivity contribution >= 4 is 11.4 Å². The van der Waals surface area contributed by atoms with Crippen LogP contribution in [0.4, 0.5) is 0 Å². The van der Waals surface area contributed by atoms with Crippen LogP contribution in [0.2, 0.25) is 0 Å². The summed E-state index contributed by atoms with van der Waals surface area (Å²) in [6.45, 7) is 2.13. The minimum Gasteiger partial charge on any atom is -0.345 e. The Labute approximate surface area is 177 Å². The van der Waals surface area contributed by atoms with E-state index < -0.39 is 0 Å². The van der Waals surface area contributed by atoms with Gasteiger partial charge in [-0.2, -0.15) is 0 Å². The summed E-state index contributed by atoms with van der Waals surface area (Å²) in [5.74, 6) is 1.03. The number of hydrogen-bond acceptors (Lipinski definition) is 6. The van der Waals surface area contributed by atoms with Gasteiger partial charge in [0.15, 0.2) is 11.5 Å². The molecule has 0 saturated heterocycles. The quantitative estimate of drug-likeness (QED) is 0.478. The summed E-state index contributed by atoms with van der Waals surface area (Å²) < 4.78 is 3.67. The van der Waals surface area contributed by atoms with Crippen LogP contribution >= 0.6 is 0 Å². The molecule has 0 aliphatic heterocycles.